The first-order chi connectivity index (χ1) is 8.34. The predicted octanol–water partition coefficient (Wildman–Crippen LogP) is 1.05. The lowest BCUT2D eigenvalue weighted by Crippen LogP contribution is -2.23. The van der Waals surface area contributed by atoms with E-state index in [9.17, 15) is 13.2 Å². The summed E-state index contributed by atoms with van der Waals surface area (Å²) in [5, 5.41) is 2.71. The van der Waals surface area contributed by atoms with Crippen molar-refractivity contribution < 1.29 is 13.2 Å². The van der Waals surface area contributed by atoms with Crippen molar-refractivity contribution in [1.82, 2.24) is 4.72 Å². The maximum Gasteiger partial charge on any atom is 0.221 e. The number of anilines is 1. The molecule has 0 aliphatic rings. The summed E-state index contributed by atoms with van der Waals surface area (Å²) in [4.78, 5) is 10.9. The number of rotatable bonds is 5. The number of sulfonamides is 1. The van der Waals surface area contributed by atoms with Gasteiger partial charge in [0.2, 0.25) is 15.9 Å². The number of amides is 1. The van der Waals surface area contributed by atoms with Gasteiger partial charge in [0.15, 0.2) is 0 Å². The molecular formula is C12H18N2O3S. The quantitative estimate of drug-likeness (QED) is 0.839. The number of aryl methyl sites for hydroxylation is 2. The third-order valence-corrected chi connectivity index (χ3v) is 3.94. The molecular weight excluding hydrogens is 252 g/mol. The van der Waals surface area contributed by atoms with Crippen LogP contribution in [0.2, 0.25) is 0 Å². The van der Waals surface area contributed by atoms with Crippen molar-refractivity contribution in [2.45, 2.75) is 20.3 Å². The molecule has 0 bridgehead atoms. The SMILES string of the molecule is CNS(=O)(=O)CCc1ccc(NC(C)=O)c(C)c1. The van der Waals surface area contributed by atoms with Gasteiger partial charge < -0.3 is 5.32 Å². The molecule has 0 fully saturated rings. The number of carbonyl (C=O) groups is 1. The van der Waals surface area contributed by atoms with Crippen LogP contribution in [0.3, 0.4) is 0 Å². The number of hydrogen-bond donors (Lipinski definition) is 2. The van der Waals surface area contributed by atoms with Gasteiger partial charge in [-0.05, 0) is 37.6 Å². The highest BCUT2D eigenvalue weighted by Crippen LogP contribution is 2.17. The molecule has 0 aromatic heterocycles. The third-order valence-electron chi connectivity index (χ3n) is 2.57. The van der Waals surface area contributed by atoms with Crippen LogP contribution in [0.5, 0.6) is 0 Å². The molecule has 0 aliphatic carbocycles. The Morgan fingerprint density at radius 1 is 1.33 bits per heavy atom. The van der Waals surface area contributed by atoms with E-state index in [2.05, 4.69) is 10.0 Å². The molecule has 2 N–H and O–H groups in total. The minimum atomic E-state index is -3.18. The van der Waals surface area contributed by atoms with Gasteiger partial charge in [0.25, 0.3) is 0 Å². The maximum absolute atomic E-state index is 11.3. The Bertz CT molecular complexity index is 538. The summed E-state index contributed by atoms with van der Waals surface area (Å²) in [6.45, 7) is 3.33. The fraction of sp³-hybridized carbons (Fsp3) is 0.417. The number of benzene rings is 1. The smallest absolute Gasteiger partial charge is 0.221 e. The van der Waals surface area contributed by atoms with Crippen LogP contribution in [0, 0.1) is 6.92 Å². The van der Waals surface area contributed by atoms with Crippen molar-refractivity contribution in [3.8, 4) is 0 Å². The van der Waals surface area contributed by atoms with Gasteiger partial charge >= 0.3 is 0 Å². The van der Waals surface area contributed by atoms with Gasteiger partial charge in [0.05, 0.1) is 5.75 Å². The van der Waals surface area contributed by atoms with Crippen LogP contribution in [0.15, 0.2) is 18.2 Å². The van der Waals surface area contributed by atoms with Gasteiger partial charge in [0, 0.05) is 12.6 Å². The van der Waals surface area contributed by atoms with Crippen molar-refractivity contribution in [1.29, 1.82) is 0 Å². The molecule has 18 heavy (non-hydrogen) atoms. The highest BCUT2D eigenvalue weighted by Gasteiger charge is 2.08. The zero-order valence-corrected chi connectivity index (χ0v) is 11.6. The molecule has 0 saturated heterocycles. The van der Waals surface area contributed by atoms with E-state index in [1.54, 1.807) is 6.07 Å². The molecule has 1 aromatic carbocycles. The molecule has 0 heterocycles. The van der Waals surface area contributed by atoms with Crippen molar-refractivity contribution in [2.24, 2.45) is 0 Å². The summed E-state index contributed by atoms with van der Waals surface area (Å²) in [6.07, 6.45) is 0.449. The molecule has 100 valence electrons. The highest BCUT2D eigenvalue weighted by atomic mass is 32.2. The van der Waals surface area contributed by atoms with Gasteiger partial charge in [-0.3, -0.25) is 4.79 Å². The fourth-order valence-electron chi connectivity index (χ4n) is 1.57. The van der Waals surface area contributed by atoms with Crippen LogP contribution in [0.4, 0.5) is 5.69 Å². The van der Waals surface area contributed by atoms with E-state index < -0.39 is 10.0 Å². The van der Waals surface area contributed by atoms with E-state index >= 15 is 0 Å². The monoisotopic (exact) mass is 270 g/mol. The van der Waals surface area contributed by atoms with E-state index in [-0.39, 0.29) is 11.7 Å². The summed E-state index contributed by atoms with van der Waals surface area (Å²) >= 11 is 0. The summed E-state index contributed by atoms with van der Waals surface area (Å²) in [6, 6.07) is 5.50. The lowest BCUT2D eigenvalue weighted by Gasteiger charge is -2.09. The molecule has 6 heteroatoms. The zero-order chi connectivity index (χ0) is 13.8. The lowest BCUT2D eigenvalue weighted by molar-refractivity contribution is -0.114. The number of carbonyl (C=O) groups excluding carboxylic acids is 1. The molecule has 0 unspecified atom stereocenters. The number of nitrogens with one attached hydrogen (secondary N) is 2. The lowest BCUT2D eigenvalue weighted by atomic mass is 10.1. The second-order valence-electron chi connectivity index (χ2n) is 4.10. The van der Waals surface area contributed by atoms with Crippen LogP contribution in [-0.4, -0.2) is 27.1 Å². The molecule has 1 amide bonds. The van der Waals surface area contributed by atoms with Crippen LogP contribution in [0.1, 0.15) is 18.1 Å². The summed E-state index contributed by atoms with van der Waals surface area (Å²) in [7, 11) is -1.78. The predicted molar refractivity (Wildman–Crippen MR) is 72.0 cm³/mol. The Morgan fingerprint density at radius 3 is 2.50 bits per heavy atom. The van der Waals surface area contributed by atoms with Gasteiger partial charge in [-0.25, -0.2) is 13.1 Å². The Hall–Kier alpha value is -1.40. The molecule has 0 radical (unpaired) electrons. The van der Waals surface area contributed by atoms with Crippen molar-refractivity contribution in [2.75, 3.05) is 18.1 Å². The first kappa shape index (κ1) is 14.7. The normalized spacial score (nSPS) is 11.3. The van der Waals surface area contributed by atoms with E-state index in [1.807, 2.05) is 19.1 Å². The Kier molecular flexibility index (Phi) is 4.86. The Balaban J connectivity index is 2.76. The first-order valence-corrected chi connectivity index (χ1v) is 7.27. The van der Waals surface area contributed by atoms with Crippen molar-refractivity contribution >= 4 is 21.6 Å². The molecule has 0 saturated carbocycles. The van der Waals surface area contributed by atoms with E-state index in [4.69, 9.17) is 0 Å². The van der Waals surface area contributed by atoms with Crippen LogP contribution < -0.4 is 10.0 Å². The average molecular weight is 270 g/mol. The van der Waals surface area contributed by atoms with Crippen molar-refractivity contribution in [3.63, 3.8) is 0 Å². The fourth-order valence-corrected chi connectivity index (χ4v) is 2.27. The van der Waals surface area contributed by atoms with E-state index in [0.29, 0.717) is 6.42 Å². The molecule has 1 rings (SSSR count). The van der Waals surface area contributed by atoms with Gasteiger partial charge in [-0.1, -0.05) is 12.1 Å². The van der Waals surface area contributed by atoms with Gasteiger partial charge in [-0.15, -0.1) is 0 Å². The van der Waals surface area contributed by atoms with Crippen LogP contribution in [-0.2, 0) is 21.2 Å². The van der Waals surface area contributed by atoms with Gasteiger partial charge in [0.1, 0.15) is 0 Å². The zero-order valence-electron chi connectivity index (χ0n) is 10.8. The van der Waals surface area contributed by atoms with Crippen LogP contribution in [0.25, 0.3) is 0 Å². The average Bonchev–Trinajstić information content (AvgIpc) is 2.29. The maximum atomic E-state index is 11.3. The summed E-state index contributed by atoms with van der Waals surface area (Å²) in [5.41, 5.74) is 2.60. The third kappa shape index (κ3) is 4.46. The molecule has 1 aromatic rings. The second-order valence-corrected chi connectivity index (χ2v) is 6.15. The Labute approximate surface area is 108 Å². The minimum absolute atomic E-state index is 0.0580. The molecule has 5 nitrogen and oxygen atoms in total. The van der Waals surface area contributed by atoms with E-state index in [1.165, 1.54) is 14.0 Å². The molecule has 0 aliphatic heterocycles. The topological polar surface area (TPSA) is 75.3 Å². The largest absolute Gasteiger partial charge is 0.326 e. The Morgan fingerprint density at radius 2 is 2.00 bits per heavy atom. The minimum Gasteiger partial charge on any atom is -0.326 e. The molecule has 0 atom stereocenters. The number of hydrogen-bond acceptors (Lipinski definition) is 3. The second kappa shape index (κ2) is 5.97. The summed E-state index contributed by atoms with van der Waals surface area (Å²) < 4.78 is 24.9. The first-order valence-electron chi connectivity index (χ1n) is 5.62. The van der Waals surface area contributed by atoms with Crippen LogP contribution >= 0.6 is 0 Å². The summed E-state index contributed by atoms with van der Waals surface area (Å²) in [5.74, 6) is -0.0637. The van der Waals surface area contributed by atoms with Gasteiger partial charge in [-0.2, -0.15) is 0 Å². The standard InChI is InChI=1S/C12H18N2O3S/c1-9-8-11(6-7-18(16,17)13-3)4-5-12(9)14-10(2)15/h4-5,8,13H,6-7H2,1-3H3,(H,14,15). The highest BCUT2D eigenvalue weighted by molar-refractivity contribution is 7.89. The van der Waals surface area contributed by atoms with Crippen molar-refractivity contribution in [3.05, 3.63) is 29.3 Å². The van der Waals surface area contributed by atoms with E-state index in [0.717, 1.165) is 16.8 Å². The molecule has 0 spiro atoms.